The van der Waals surface area contributed by atoms with E-state index in [0.717, 1.165) is 31.1 Å². The Morgan fingerprint density at radius 2 is 1.78 bits per heavy atom. The van der Waals surface area contributed by atoms with Crippen molar-refractivity contribution in [2.45, 2.75) is 77.9 Å². The Labute approximate surface area is 296 Å². The quantitative estimate of drug-likeness (QED) is 0.0896. The van der Waals surface area contributed by atoms with E-state index < -0.39 is 22.8 Å². The van der Waals surface area contributed by atoms with Crippen LogP contribution >= 0.6 is 0 Å². The summed E-state index contributed by atoms with van der Waals surface area (Å²) in [6.07, 6.45) is 10.9. The molecule has 2 aromatic rings. The van der Waals surface area contributed by atoms with Gasteiger partial charge in [0.1, 0.15) is 12.2 Å². The van der Waals surface area contributed by atoms with Crippen LogP contribution in [0.4, 0.5) is 11.4 Å². The third kappa shape index (κ3) is 11.9. The van der Waals surface area contributed by atoms with Crippen LogP contribution in [0.15, 0.2) is 53.5 Å². The molecule has 0 saturated heterocycles. The number of pyridine rings is 1. The van der Waals surface area contributed by atoms with E-state index in [1.165, 1.54) is 55.6 Å². The van der Waals surface area contributed by atoms with E-state index in [-0.39, 0.29) is 52.6 Å². The van der Waals surface area contributed by atoms with Gasteiger partial charge in [-0.1, -0.05) is 19.9 Å². The van der Waals surface area contributed by atoms with Gasteiger partial charge in [-0.3, -0.25) is 29.3 Å². The Morgan fingerprint density at radius 1 is 1.06 bits per heavy atom. The zero-order valence-electron chi connectivity index (χ0n) is 29.6. The van der Waals surface area contributed by atoms with Crippen LogP contribution in [0, 0.1) is 33.8 Å². The van der Waals surface area contributed by atoms with Gasteiger partial charge in [0.25, 0.3) is 17.2 Å². The van der Waals surface area contributed by atoms with Crippen LogP contribution in [0.2, 0.25) is 0 Å². The summed E-state index contributed by atoms with van der Waals surface area (Å²) in [5.41, 5.74) is -0.670. The molecule has 0 aliphatic heterocycles. The highest BCUT2D eigenvalue weighted by atomic mass is 16.6. The van der Waals surface area contributed by atoms with Gasteiger partial charge in [0.15, 0.2) is 0 Å². The number of rotatable bonds is 13. The number of anilines is 1. The van der Waals surface area contributed by atoms with Gasteiger partial charge in [0, 0.05) is 42.1 Å². The molecular formula is C36H47N5O10. The lowest BCUT2D eigenvalue weighted by Crippen LogP contribution is -2.51. The molecule has 15 heteroatoms. The minimum atomic E-state index is -0.774. The van der Waals surface area contributed by atoms with E-state index in [4.69, 9.17) is 0 Å². The van der Waals surface area contributed by atoms with Crippen molar-refractivity contribution < 1.29 is 38.4 Å². The molecule has 1 heterocycles. The van der Waals surface area contributed by atoms with Crippen LogP contribution in [-0.4, -0.2) is 66.0 Å². The van der Waals surface area contributed by atoms with Gasteiger partial charge in [-0.25, -0.2) is 9.59 Å². The number of ether oxygens (including phenoxy) is 2. The minimum absolute atomic E-state index is 0.0171. The molecule has 51 heavy (non-hydrogen) atoms. The number of nitrogens with one attached hydrogen (secondary N) is 3. The molecule has 1 aromatic carbocycles. The average Bonchev–Trinajstić information content (AvgIpc) is 3.09. The molecule has 15 nitrogen and oxygen atoms in total. The van der Waals surface area contributed by atoms with Crippen molar-refractivity contribution in [3.05, 3.63) is 80.3 Å². The Hall–Kier alpha value is -5.34. The summed E-state index contributed by atoms with van der Waals surface area (Å²) < 4.78 is 10.3. The maximum Gasteiger partial charge on any atom is 0.338 e. The average molecular weight is 710 g/mol. The number of allylic oxidation sites excluding steroid dienone is 1. The van der Waals surface area contributed by atoms with Crippen LogP contribution in [0.5, 0.6) is 0 Å². The molecule has 2 bridgehead atoms. The second-order valence-corrected chi connectivity index (χ2v) is 13.3. The summed E-state index contributed by atoms with van der Waals surface area (Å²) in [5, 5.41) is 19.2. The van der Waals surface area contributed by atoms with Crippen molar-refractivity contribution in [2.24, 2.45) is 23.7 Å². The third-order valence-corrected chi connectivity index (χ3v) is 9.19. The summed E-state index contributed by atoms with van der Waals surface area (Å²) in [7, 11) is 2.42. The van der Waals surface area contributed by atoms with Crippen molar-refractivity contribution in [3.8, 4) is 0 Å². The first-order valence-corrected chi connectivity index (χ1v) is 16.9. The van der Waals surface area contributed by atoms with Gasteiger partial charge >= 0.3 is 11.9 Å². The molecule has 6 unspecified atom stereocenters. The number of nitrogens with zero attached hydrogens (tertiary/aromatic N) is 2. The predicted octanol–water partition coefficient (Wildman–Crippen LogP) is 4.00. The van der Waals surface area contributed by atoms with Crippen molar-refractivity contribution >= 4 is 41.5 Å². The van der Waals surface area contributed by atoms with Crippen LogP contribution in [0.3, 0.4) is 0 Å². The number of nitro benzene ring substituents is 1. The number of esters is 2. The van der Waals surface area contributed by atoms with E-state index in [1.807, 2.05) is 0 Å². The van der Waals surface area contributed by atoms with E-state index >= 15 is 0 Å². The SMILES string of the molecule is CC1CC2CC(C)C(NC(=O)Cn3cccc(NC=O)c3=O)C(C1)C2.COC(=O)/C=C/CCC(C)NC(=O)c1cc(C(=O)OC)cc([N+](=O)[O-])c1. The van der Waals surface area contributed by atoms with Crippen molar-refractivity contribution in [3.63, 3.8) is 0 Å². The number of aromatic nitrogens is 1. The molecule has 1 aromatic heterocycles. The van der Waals surface area contributed by atoms with Gasteiger partial charge in [0.2, 0.25) is 12.3 Å². The third-order valence-electron chi connectivity index (χ3n) is 9.19. The summed E-state index contributed by atoms with van der Waals surface area (Å²) in [4.78, 5) is 80.5. The van der Waals surface area contributed by atoms with Gasteiger partial charge < -0.3 is 30.0 Å². The first kappa shape index (κ1) is 40.1. The number of hydrogen-bond acceptors (Lipinski definition) is 10. The molecule has 3 N–H and O–H groups in total. The molecule has 6 atom stereocenters. The molecular weight excluding hydrogens is 662 g/mol. The second-order valence-electron chi connectivity index (χ2n) is 13.3. The fraction of sp³-hybridized carbons (Fsp3) is 0.500. The molecule has 0 radical (unpaired) electrons. The van der Waals surface area contributed by atoms with Gasteiger partial charge in [0.05, 0.1) is 24.7 Å². The lowest BCUT2D eigenvalue weighted by atomic mass is 9.63. The number of benzene rings is 1. The maximum atomic E-state index is 12.5. The topological polar surface area (TPSA) is 205 Å². The molecule has 2 fully saturated rings. The summed E-state index contributed by atoms with van der Waals surface area (Å²) >= 11 is 0. The number of amides is 3. The fourth-order valence-corrected chi connectivity index (χ4v) is 6.96. The molecule has 276 valence electrons. The highest BCUT2D eigenvalue weighted by Crippen LogP contribution is 2.44. The Kier molecular flexibility index (Phi) is 15.1. The largest absolute Gasteiger partial charge is 0.466 e. The number of carbonyl (C=O) groups is 5. The lowest BCUT2D eigenvalue weighted by Gasteiger charge is -2.46. The first-order valence-electron chi connectivity index (χ1n) is 16.9. The molecule has 4 rings (SSSR count). The zero-order chi connectivity index (χ0) is 37.7. The number of fused-ring (bicyclic) bond motifs is 2. The summed E-state index contributed by atoms with van der Waals surface area (Å²) in [6.45, 7) is 6.25. The molecule has 2 aliphatic rings. The predicted molar refractivity (Wildman–Crippen MR) is 188 cm³/mol. The van der Waals surface area contributed by atoms with Crippen molar-refractivity contribution in [1.82, 2.24) is 15.2 Å². The number of methoxy groups -OCH3 is 2. The van der Waals surface area contributed by atoms with Gasteiger partial charge in [-0.05, 0) is 87.3 Å². The number of hydrogen-bond donors (Lipinski definition) is 3. The number of nitro groups is 1. The normalized spacial score (nSPS) is 21.2. The van der Waals surface area contributed by atoms with Crippen LogP contribution in [0.25, 0.3) is 0 Å². The minimum Gasteiger partial charge on any atom is -0.466 e. The number of carbonyl (C=O) groups excluding carboxylic acids is 5. The zero-order valence-corrected chi connectivity index (χ0v) is 29.6. The highest BCUT2D eigenvalue weighted by molar-refractivity contribution is 5.99. The van der Waals surface area contributed by atoms with Crippen LogP contribution in [0.1, 0.15) is 80.0 Å². The fourth-order valence-electron chi connectivity index (χ4n) is 6.96. The highest BCUT2D eigenvalue weighted by Gasteiger charge is 2.40. The molecule has 0 spiro atoms. The van der Waals surface area contributed by atoms with Crippen LogP contribution in [-0.2, 0) is 30.4 Å². The van der Waals surface area contributed by atoms with Crippen LogP contribution < -0.4 is 21.5 Å². The molecule has 2 saturated carbocycles. The standard InChI is InChI=1S/C19H27N3O3.C17H20N2O7/c1-12-6-14-8-13(2)18(15(7-12)9-14)21-17(24)10-22-5-3-4-16(19(22)25)20-11-23;1-11(6-4-5-7-15(20)25-2)18-16(21)12-8-13(17(22)26-3)10-14(9-12)19(23)24/h3-5,11-15,18H,6-10H2,1-2H3,(H,20,23)(H,21,24);5,7-11H,4,6H2,1-3H3,(H,18,21)/b;7-5+. The number of non-ortho nitro benzene ring substituents is 1. The van der Waals surface area contributed by atoms with E-state index in [1.54, 1.807) is 25.3 Å². The Balaban J connectivity index is 0.000000275. The van der Waals surface area contributed by atoms with Crippen molar-refractivity contribution in [2.75, 3.05) is 19.5 Å². The smallest absolute Gasteiger partial charge is 0.338 e. The maximum absolute atomic E-state index is 12.5. The Morgan fingerprint density at radius 3 is 2.45 bits per heavy atom. The summed E-state index contributed by atoms with van der Waals surface area (Å²) in [6, 6.07) is 6.48. The van der Waals surface area contributed by atoms with Gasteiger partial charge in [-0.15, -0.1) is 0 Å². The van der Waals surface area contributed by atoms with E-state index in [9.17, 15) is 38.9 Å². The van der Waals surface area contributed by atoms with E-state index in [2.05, 4.69) is 39.3 Å². The van der Waals surface area contributed by atoms with Crippen molar-refractivity contribution in [1.29, 1.82) is 0 Å². The first-order chi connectivity index (χ1) is 24.3. The lowest BCUT2D eigenvalue weighted by molar-refractivity contribution is -0.384. The second kappa shape index (κ2) is 19.2. The monoisotopic (exact) mass is 709 g/mol. The summed E-state index contributed by atoms with van der Waals surface area (Å²) in [5.74, 6) is 0.607. The molecule has 3 amide bonds. The van der Waals surface area contributed by atoms with Gasteiger partial charge in [-0.2, -0.15) is 0 Å². The Bertz CT molecular complexity index is 1670. The molecule has 2 aliphatic carbocycles. The van der Waals surface area contributed by atoms with E-state index in [0.29, 0.717) is 31.1 Å².